The molecule has 1 unspecified atom stereocenters. The fourth-order valence-electron chi connectivity index (χ4n) is 2.87. The van der Waals surface area contributed by atoms with Gasteiger partial charge in [0.05, 0.1) is 5.41 Å². The lowest BCUT2D eigenvalue weighted by atomic mass is 9.73. The summed E-state index contributed by atoms with van der Waals surface area (Å²) in [6, 6.07) is 6.73. The highest BCUT2D eigenvalue weighted by Gasteiger charge is 2.41. The Morgan fingerprint density at radius 1 is 1.16 bits per heavy atom. The van der Waals surface area contributed by atoms with Crippen molar-refractivity contribution in [3.8, 4) is 0 Å². The zero-order valence-electron chi connectivity index (χ0n) is 14.4. The first-order valence-electron chi connectivity index (χ1n) is 7.98. The Labute approximate surface area is 145 Å². The molecule has 0 bridgehead atoms. The first-order chi connectivity index (χ1) is 11.7. The fourth-order valence-corrected chi connectivity index (χ4v) is 2.87. The maximum absolute atomic E-state index is 11.8. The van der Waals surface area contributed by atoms with E-state index in [0.717, 1.165) is 0 Å². The average Bonchev–Trinajstić information content (AvgIpc) is 2.56. The lowest BCUT2D eigenvalue weighted by Gasteiger charge is -2.32. The van der Waals surface area contributed by atoms with Crippen molar-refractivity contribution in [2.24, 2.45) is 5.41 Å². The molecular weight excluding hydrogens is 322 g/mol. The molecule has 1 aromatic rings. The summed E-state index contributed by atoms with van der Waals surface area (Å²) in [7, 11) is 0. The van der Waals surface area contributed by atoms with E-state index in [9.17, 15) is 24.6 Å². The minimum absolute atomic E-state index is 0.0472. The molecule has 6 heteroatoms. The van der Waals surface area contributed by atoms with Crippen molar-refractivity contribution in [3.63, 3.8) is 0 Å². The van der Waals surface area contributed by atoms with Crippen LogP contribution in [0.25, 0.3) is 0 Å². The molecule has 0 radical (unpaired) electrons. The molecule has 132 valence electrons. The van der Waals surface area contributed by atoms with Gasteiger partial charge >= 0.3 is 11.9 Å². The van der Waals surface area contributed by atoms with Gasteiger partial charge < -0.3 is 15.5 Å². The Bertz CT molecular complexity index is 789. The number of Topliss-reactive ketones (excluding diaryl/α,β-unsaturated/α-hetero) is 1. The molecule has 0 fully saturated rings. The molecule has 0 aliphatic heterocycles. The van der Waals surface area contributed by atoms with Crippen LogP contribution in [-0.2, 0) is 9.59 Å². The van der Waals surface area contributed by atoms with Crippen LogP contribution in [0.2, 0.25) is 0 Å². The molecule has 0 heterocycles. The predicted octanol–water partition coefficient (Wildman–Crippen LogP) is 3.47. The zero-order chi connectivity index (χ0) is 18.8. The normalized spacial score (nSPS) is 20.0. The standard InChI is InChI=1S/C19H21NO5/c1-4-19(18(24)25)9-15(17(22)23)11(2)16(10-19)20-14-7-5-13(6-8-14)12(3)21/h5-8,10,20H,4,9H2,1-3H3,(H,22,23)(H,24,25). The maximum atomic E-state index is 11.8. The highest BCUT2D eigenvalue weighted by Crippen LogP contribution is 2.40. The van der Waals surface area contributed by atoms with E-state index in [2.05, 4.69) is 5.32 Å². The van der Waals surface area contributed by atoms with Gasteiger partial charge in [0.15, 0.2) is 5.78 Å². The second kappa shape index (κ2) is 6.93. The van der Waals surface area contributed by atoms with Crippen molar-refractivity contribution < 1.29 is 24.6 Å². The summed E-state index contributed by atoms with van der Waals surface area (Å²) in [4.78, 5) is 34.7. The largest absolute Gasteiger partial charge is 0.481 e. The number of ketones is 1. The van der Waals surface area contributed by atoms with Crippen LogP contribution in [0.4, 0.5) is 5.69 Å². The van der Waals surface area contributed by atoms with Crippen LogP contribution in [0.5, 0.6) is 0 Å². The van der Waals surface area contributed by atoms with Crippen molar-refractivity contribution in [1.82, 2.24) is 0 Å². The van der Waals surface area contributed by atoms with Crippen molar-refractivity contribution in [3.05, 3.63) is 52.7 Å². The van der Waals surface area contributed by atoms with E-state index >= 15 is 0 Å². The van der Waals surface area contributed by atoms with Gasteiger partial charge in [0.2, 0.25) is 0 Å². The average molecular weight is 343 g/mol. The summed E-state index contributed by atoms with van der Waals surface area (Å²) in [5.74, 6) is -2.22. The molecular formula is C19H21NO5. The summed E-state index contributed by atoms with van der Waals surface area (Å²) in [5.41, 5.74) is 1.02. The Balaban J connectivity index is 2.45. The summed E-state index contributed by atoms with van der Waals surface area (Å²) in [6.07, 6.45) is 1.82. The van der Waals surface area contributed by atoms with E-state index in [-0.39, 0.29) is 24.2 Å². The van der Waals surface area contributed by atoms with Gasteiger partial charge in [-0.2, -0.15) is 0 Å². The third-order valence-corrected chi connectivity index (χ3v) is 4.65. The van der Waals surface area contributed by atoms with Crippen LogP contribution in [0.1, 0.15) is 44.0 Å². The number of carbonyl (C=O) groups is 3. The van der Waals surface area contributed by atoms with Crippen LogP contribution in [0, 0.1) is 5.41 Å². The number of allylic oxidation sites excluding steroid dienone is 1. The number of anilines is 1. The molecule has 1 aromatic carbocycles. The van der Waals surface area contributed by atoms with Crippen LogP contribution in [-0.4, -0.2) is 27.9 Å². The second-order valence-electron chi connectivity index (χ2n) is 6.22. The molecule has 1 atom stereocenters. The van der Waals surface area contributed by atoms with E-state index in [1.165, 1.54) is 6.92 Å². The molecule has 1 aliphatic rings. The molecule has 0 spiro atoms. The third-order valence-electron chi connectivity index (χ3n) is 4.65. The fraction of sp³-hybridized carbons (Fsp3) is 0.316. The van der Waals surface area contributed by atoms with Crippen LogP contribution < -0.4 is 5.32 Å². The number of benzene rings is 1. The zero-order valence-corrected chi connectivity index (χ0v) is 14.4. The number of rotatable bonds is 6. The Kier molecular flexibility index (Phi) is 5.11. The minimum Gasteiger partial charge on any atom is -0.481 e. The quantitative estimate of drug-likeness (QED) is 0.683. The van der Waals surface area contributed by atoms with E-state index in [1.54, 1.807) is 44.2 Å². The molecule has 3 N–H and O–H groups in total. The lowest BCUT2D eigenvalue weighted by molar-refractivity contribution is -0.146. The Hall–Kier alpha value is -2.89. The first-order valence-corrected chi connectivity index (χ1v) is 7.98. The minimum atomic E-state index is -1.26. The number of hydrogen-bond donors (Lipinski definition) is 3. The molecule has 25 heavy (non-hydrogen) atoms. The van der Waals surface area contributed by atoms with Gasteiger partial charge in [-0.05, 0) is 62.6 Å². The van der Waals surface area contributed by atoms with Crippen molar-refractivity contribution in [1.29, 1.82) is 0 Å². The molecule has 0 saturated carbocycles. The van der Waals surface area contributed by atoms with Gasteiger partial charge in [0, 0.05) is 22.5 Å². The number of nitrogens with one attached hydrogen (secondary N) is 1. The Morgan fingerprint density at radius 3 is 2.20 bits per heavy atom. The number of carbonyl (C=O) groups excluding carboxylic acids is 1. The molecule has 0 saturated heterocycles. The molecule has 0 aromatic heterocycles. The number of carboxylic acid groups (broad SMARTS) is 2. The predicted molar refractivity (Wildman–Crippen MR) is 93.5 cm³/mol. The van der Waals surface area contributed by atoms with Crippen molar-refractivity contribution in [2.45, 2.75) is 33.6 Å². The second-order valence-corrected chi connectivity index (χ2v) is 6.22. The van der Waals surface area contributed by atoms with Gasteiger partial charge in [-0.15, -0.1) is 0 Å². The molecule has 1 aliphatic carbocycles. The van der Waals surface area contributed by atoms with Gasteiger partial charge in [-0.25, -0.2) is 4.79 Å². The van der Waals surface area contributed by atoms with Crippen molar-refractivity contribution >= 4 is 23.4 Å². The maximum Gasteiger partial charge on any atom is 0.331 e. The summed E-state index contributed by atoms with van der Waals surface area (Å²) in [6.45, 7) is 4.86. The van der Waals surface area contributed by atoms with Crippen LogP contribution in [0.15, 0.2) is 47.2 Å². The Morgan fingerprint density at radius 2 is 1.76 bits per heavy atom. The highest BCUT2D eigenvalue weighted by atomic mass is 16.4. The smallest absolute Gasteiger partial charge is 0.331 e. The summed E-state index contributed by atoms with van der Waals surface area (Å²) < 4.78 is 0. The topological polar surface area (TPSA) is 104 Å². The van der Waals surface area contributed by atoms with Crippen LogP contribution in [0.3, 0.4) is 0 Å². The number of hydrogen-bond acceptors (Lipinski definition) is 4. The SMILES string of the molecule is CCC1(C(=O)O)C=C(Nc2ccc(C(C)=O)cc2)C(C)=C(C(=O)O)C1. The van der Waals surface area contributed by atoms with E-state index < -0.39 is 17.4 Å². The van der Waals surface area contributed by atoms with E-state index in [0.29, 0.717) is 22.5 Å². The van der Waals surface area contributed by atoms with E-state index in [1.807, 2.05) is 0 Å². The highest BCUT2D eigenvalue weighted by molar-refractivity contribution is 5.94. The molecule has 6 nitrogen and oxygen atoms in total. The van der Waals surface area contributed by atoms with Crippen LogP contribution >= 0.6 is 0 Å². The first kappa shape index (κ1) is 18.4. The van der Waals surface area contributed by atoms with Gasteiger partial charge in [0.25, 0.3) is 0 Å². The summed E-state index contributed by atoms with van der Waals surface area (Å²) >= 11 is 0. The third kappa shape index (κ3) is 3.63. The van der Waals surface area contributed by atoms with Gasteiger partial charge in [-0.1, -0.05) is 6.92 Å². The van der Waals surface area contributed by atoms with Gasteiger partial charge in [-0.3, -0.25) is 9.59 Å². The lowest BCUT2D eigenvalue weighted by Crippen LogP contribution is -2.34. The molecule has 2 rings (SSSR count). The number of carboxylic acids is 2. The summed E-state index contributed by atoms with van der Waals surface area (Å²) in [5, 5.41) is 22.2. The number of aliphatic carboxylic acids is 2. The molecule has 0 amide bonds. The van der Waals surface area contributed by atoms with E-state index in [4.69, 9.17) is 0 Å². The monoisotopic (exact) mass is 343 g/mol. The van der Waals surface area contributed by atoms with Crippen molar-refractivity contribution in [2.75, 3.05) is 5.32 Å². The van der Waals surface area contributed by atoms with Gasteiger partial charge in [0.1, 0.15) is 0 Å².